The molecule has 13 heavy (non-hydrogen) atoms. The molecule has 76 valence electrons. The van der Waals surface area contributed by atoms with Crippen LogP contribution in [0.1, 0.15) is 20.3 Å². The lowest BCUT2D eigenvalue weighted by Gasteiger charge is -2.38. The molecule has 1 rings (SSSR count). The van der Waals surface area contributed by atoms with Crippen LogP contribution in [0.3, 0.4) is 0 Å². The molecule has 1 nitrogen and oxygen atoms in total. The maximum absolute atomic E-state index is 3.83. The lowest BCUT2D eigenvalue weighted by molar-refractivity contribution is 0.252. The summed E-state index contributed by atoms with van der Waals surface area (Å²) in [4.78, 5) is 0. The Morgan fingerprint density at radius 3 is 2.92 bits per heavy atom. The molecule has 1 saturated heterocycles. The predicted octanol–water partition coefficient (Wildman–Crippen LogP) is 3.02. The second kappa shape index (κ2) is 4.85. The summed E-state index contributed by atoms with van der Waals surface area (Å²) in [5.41, 5.74) is 0.438. The molecule has 1 aliphatic heterocycles. The maximum Gasteiger partial charge on any atom is 0.0268 e. The van der Waals surface area contributed by atoms with Crippen LogP contribution in [0.25, 0.3) is 0 Å². The van der Waals surface area contributed by atoms with Crippen LogP contribution in [0.2, 0.25) is 0 Å². The van der Waals surface area contributed by atoms with Gasteiger partial charge in [-0.05, 0) is 17.6 Å². The van der Waals surface area contributed by atoms with E-state index in [2.05, 4.69) is 41.7 Å². The van der Waals surface area contributed by atoms with E-state index in [-0.39, 0.29) is 0 Å². The highest BCUT2D eigenvalue weighted by Gasteiger charge is 2.31. The quantitative estimate of drug-likeness (QED) is 0.841. The zero-order valence-electron chi connectivity index (χ0n) is 8.40. The first-order valence-corrected chi connectivity index (χ1v) is 6.61. The fourth-order valence-corrected chi connectivity index (χ4v) is 3.31. The molecule has 1 atom stereocenters. The van der Waals surface area contributed by atoms with E-state index < -0.39 is 0 Å². The van der Waals surface area contributed by atoms with Gasteiger partial charge in [-0.3, -0.25) is 0 Å². The van der Waals surface area contributed by atoms with Gasteiger partial charge >= 0.3 is 0 Å². The van der Waals surface area contributed by atoms with Crippen molar-refractivity contribution in [1.82, 2.24) is 5.32 Å². The van der Waals surface area contributed by atoms with Crippen molar-refractivity contribution >= 4 is 27.7 Å². The minimum absolute atomic E-state index is 0.438. The first kappa shape index (κ1) is 11.6. The summed E-state index contributed by atoms with van der Waals surface area (Å²) in [5.74, 6) is 2.54. The zero-order valence-corrected chi connectivity index (χ0v) is 10.8. The van der Waals surface area contributed by atoms with E-state index in [4.69, 9.17) is 0 Å². The summed E-state index contributed by atoms with van der Waals surface area (Å²) in [6.07, 6.45) is 1.31. The lowest BCUT2D eigenvalue weighted by Crippen LogP contribution is -2.46. The third-order valence-corrected chi connectivity index (χ3v) is 4.00. The van der Waals surface area contributed by atoms with E-state index in [0.29, 0.717) is 11.5 Å². The number of thioether (sulfide) groups is 1. The molecule has 0 aromatic heterocycles. The highest BCUT2D eigenvalue weighted by Crippen LogP contribution is 2.34. The summed E-state index contributed by atoms with van der Waals surface area (Å²) in [7, 11) is 0. The SMILES string of the molecule is C=C(Br)CNC1CSCCC1(C)C. The molecule has 0 radical (unpaired) electrons. The van der Waals surface area contributed by atoms with Crippen molar-refractivity contribution in [3.8, 4) is 0 Å². The molecule has 0 aromatic carbocycles. The van der Waals surface area contributed by atoms with Gasteiger partial charge in [-0.25, -0.2) is 0 Å². The Morgan fingerprint density at radius 2 is 2.38 bits per heavy atom. The Morgan fingerprint density at radius 1 is 1.69 bits per heavy atom. The van der Waals surface area contributed by atoms with E-state index >= 15 is 0 Å². The van der Waals surface area contributed by atoms with E-state index in [1.165, 1.54) is 17.9 Å². The smallest absolute Gasteiger partial charge is 0.0268 e. The van der Waals surface area contributed by atoms with E-state index in [9.17, 15) is 0 Å². The van der Waals surface area contributed by atoms with Gasteiger partial charge in [0.25, 0.3) is 0 Å². The molecule has 1 heterocycles. The Balaban J connectivity index is 2.41. The molecule has 0 spiro atoms. The van der Waals surface area contributed by atoms with E-state index in [1.807, 2.05) is 11.8 Å². The van der Waals surface area contributed by atoms with E-state index in [1.54, 1.807) is 0 Å². The molecule has 0 bridgehead atoms. The molecule has 1 unspecified atom stereocenters. The number of hydrogen-bond acceptors (Lipinski definition) is 2. The van der Waals surface area contributed by atoms with Crippen molar-refractivity contribution in [1.29, 1.82) is 0 Å². The molecule has 1 N–H and O–H groups in total. The minimum Gasteiger partial charge on any atom is -0.308 e. The number of nitrogens with one attached hydrogen (secondary N) is 1. The predicted molar refractivity (Wildman–Crippen MR) is 65.6 cm³/mol. The van der Waals surface area contributed by atoms with Gasteiger partial charge in [-0.15, -0.1) is 0 Å². The Kier molecular flexibility index (Phi) is 4.33. The average molecular weight is 264 g/mol. The number of hydrogen-bond donors (Lipinski definition) is 1. The average Bonchev–Trinajstić information content (AvgIpc) is 2.01. The fraction of sp³-hybridized carbons (Fsp3) is 0.800. The molecule has 0 amide bonds. The summed E-state index contributed by atoms with van der Waals surface area (Å²) in [6.45, 7) is 9.42. The second-order valence-electron chi connectivity index (χ2n) is 4.26. The van der Waals surface area contributed by atoms with Gasteiger partial charge in [0.05, 0.1) is 0 Å². The summed E-state index contributed by atoms with van der Waals surface area (Å²) in [5, 5.41) is 3.54. The zero-order chi connectivity index (χ0) is 9.90. The van der Waals surface area contributed by atoms with Gasteiger partial charge in [0.15, 0.2) is 0 Å². The monoisotopic (exact) mass is 263 g/mol. The standard InChI is InChI=1S/C10H18BrNS/c1-8(11)6-12-9-7-13-5-4-10(9,2)3/h9,12H,1,4-7H2,2-3H3. The van der Waals surface area contributed by atoms with Crippen LogP contribution in [0, 0.1) is 5.41 Å². The normalized spacial score (nSPS) is 27.2. The van der Waals surface area contributed by atoms with E-state index in [0.717, 1.165) is 11.0 Å². The van der Waals surface area contributed by atoms with Crippen LogP contribution in [-0.2, 0) is 0 Å². The Hall–Kier alpha value is 0.530. The Bertz CT molecular complexity index is 191. The van der Waals surface area contributed by atoms with Crippen molar-refractivity contribution in [3.63, 3.8) is 0 Å². The first-order valence-electron chi connectivity index (χ1n) is 4.67. The number of halogens is 1. The van der Waals surface area contributed by atoms with Crippen LogP contribution < -0.4 is 5.32 Å². The van der Waals surface area contributed by atoms with Gasteiger partial charge in [0.1, 0.15) is 0 Å². The van der Waals surface area contributed by atoms with Crippen molar-refractivity contribution in [2.45, 2.75) is 26.3 Å². The fourth-order valence-electron chi connectivity index (χ4n) is 1.51. The van der Waals surface area contributed by atoms with Crippen LogP contribution in [0.5, 0.6) is 0 Å². The minimum atomic E-state index is 0.438. The largest absolute Gasteiger partial charge is 0.308 e. The molecular formula is C10H18BrNS. The second-order valence-corrected chi connectivity index (χ2v) is 6.54. The summed E-state index contributed by atoms with van der Waals surface area (Å²) >= 11 is 5.42. The molecule has 0 aromatic rings. The van der Waals surface area contributed by atoms with Gasteiger partial charge in [-0.2, -0.15) is 11.8 Å². The number of rotatable bonds is 3. The van der Waals surface area contributed by atoms with Gasteiger partial charge < -0.3 is 5.32 Å². The van der Waals surface area contributed by atoms with Gasteiger partial charge in [0, 0.05) is 22.8 Å². The van der Waals surface area contributed by atoms with Crippen LogP contribution in [0.4, 0.5) is 0 Å². The highest BCUT2D eigenvalue weighted by atomic mass is 79.9. The van der Waals surface area contributed by atoms with Crippen LogP contribution in [-0.4, -0.2) is 24.1 Å². The van der Waals surface area contributed by atoms with Crippen molar-refractivity contribution in [2.75, 3.05) is 18.1 Å². The summed E-state index contributed by atoms with van der Waals surface area (Å²) < 4.78 is 1.04. The van der Waals surface area contributed by atoms with Gasteiger partial charge in [-0.1, -0.05) is 36.4 Å². The third-order valence-electron chi connectivity index (χ3n) is 2.66. The molecule has 0 aliphatic carbocycles. The summed E-state index contributed by atoms with van der Waals surface area (Å²) in [6, 6.07) is 0.626. The van der Waals surface area contributed by atoms with Crippen LogP contribution in [0.15, 0.2) is 11.1 Å². The van der Waals surface area contributed by atoms with Gasteiger partial charge in [0.2, 0.25) is 0 Å². The molecule has 3 heteroatoms. The molecule has 1 aliphatic rings. The molecule has 1 fully saturated rings. The van der Waals surface area contributed by atoms with Crippen molar-refractivity contribution in [3.05, 3.63) is 11.1 Å². The molecule has 0 saturated carbocycles. The molecular weight excluding hydrogens is 246 g/mol. The highest BCUT2D eigenvalue weighted by molar-refractivity contribution is 9.11. The lowest BCUT2D eigenvalue weighted by atomic mass is 9.82. The van der Waals surface area contributed by atoms with Crippen LogP contribution >= 0.6 is 27.7 Å². The van der Waals surface area contributed by atoms with Crippen molar-refractivity contribution in [2.24, 2.45) is 5.41 Å². The topological polar surface area (TPSA) is 12.0 Å². The maximum atomic E-state index is 3.83. The Labute approximate surface area is 93.9 Å². The van der Waals surface area contributed by atoms with Crippen molar-refractivity contribution < 1.29 is 0 Å². The first-order chi connectivity index (χ1) is 6.02. The third kappa shape index (κ3) is 3.64.